The van der Waals surface area contributed by atoms with E-state index in [-0.39, 0.29) is 11.9 Å². The highest BCUT2D eigenvalue weighted by Gasteiger charge is 2.42. The summed E-state index contributed by atoms with van der Waals surface area (Å²) in [5.41, 5.74) is 13.0. The molecule has 0 saturated heterocycles. The average molecular weight is 344 g/mol. The second-order valence-corrected chi connectivity index (χ2v) is 6.38. The maximum atomic E-state index is 11.4. The van der Waals surface area contributed by atoms with E-state index in [4.69, 9.17) is 16.2 Å². The zero-order chi connectivity index (χ0) is 18.0. The molecule has 1 aromatic rings. The quantitative estimate of drug-likeness (QED) is 0.772. The van der Waals surface area contributed by atoms with Gasteiger partial charge in [0.25, 0.3) is 0 Å². The molecule has 1 aliphatic heterocycles. The molecule has 134 valence electrons. The number of benzene rings is 1. The third-order valence-corrected chi connectivity index (χ3v) is 4.61. The van der Waals surface area contributed by atoms with Gasteiger partial charge in [0.15, 0.2) is 0 Å². The number of carbonyl (C=O) groups is 1. The van der Waals surface area contributed by atoms with Gasteiger partial charge < -0.3 is 21.5 Å². The lowest BCUT2D eigenvalue weighted by molar-refractivity contribution is -0.114. The minimum absolute atomic E-state index is 0.161. The topological polar surface area (TPSA) is 118 Å². The molecule has 8 nitrogen and oxygen atoms in total. The molecule has 1 aromatic carbocycles. The van der Waals surface area contributed by atoms with Crippen molar-refractivity contribution in [1.29, 1.82) is 0 Å². The molecule has 3 rings (SSSR count). The van der Waals surface area contributed by atoms with E-state index < -0.39 is 5.66 Å². The van der Waals surface area contributed by atoms with Crippen molar-refractivity contribution in [3.8, 4) is 5.75 Å². The van der Waals surface area contributed by atoms with Gasteiger partial charge in [0, 0.05) is 13.0 Å². The molecule has 1 spiro atoms. The van der Waals surface area contributed by atoms with Crippen LogP contribution in [0.2, 0.25) is 0 Å². The van der Waals surface area contributed by atoms with Gasteiger partial charge in [-0.3, -0.25) is 9.69 Å². The first kappa shape index (κ1) is 17.1. The monoisotopic (exact) mass is 344 g/mol. The number of nitrogens with two attached hydrogens (primary N) is 2. The summed E-state index contributed by atoms with van der Waals surface area (Å²) in [6.45, 7) is 1.46. The van der Waals surface area contributed by atoms with E-state index in [2.05, 4.69) is 15.3 Å². The number of rotatable bonds is 3. The van der Waals surface area contributed by atoms with Crippen LogP contribution in [0.15, 0.2) is 28.2 Å². The highest BCUT2D eigenvalue weighted by atomic mass is 16.5. The Bertz CT molecular complexity index is 737. The highest BCUT2D eigenvalue weighted by Crippen LogP contribution is 2.41. The van der Waals surface area contributed by atoms with E-state index >= 15 is 0 Å². The zero-order valence-corrected chi connectivity index (χ0v) is 14.6. The van der Waals surface area contributed by atoms with Crippen molar-refractivity contribution in [2.75, 3.05) is 17.3 Å². The van der Waals surface area contributed by atoms with Crippen molar-refractivity contribution in [3.63, 3.8) is 0 Å². The van der Waals surface area contributed by atoms with E-state index in [0.29, 0.717) is 17.4 Å². The maximum Gasteiger partial charge on any atom is 0.221 e. The SMILES string of the molecule is COc1cc(N2C(N)=NC(N)=NC23CCCCC3)ccc1NC(C)=O. The lowest BCUT2D eigenvalue weighted by atomic mass is 9.87. The zero-order valence-electron chi connectivity index (χ0n) is 14.6. The van der Waals surface area contributed by atoms with E-state index in [1.54, 1.807) is 13.2 Å². The summed E-state index contributed by atoms with van der Waals surface area (Å²) in [5.74, 6) is 0.932. The molecule has 5 N–H and O–H groups in total. The van der Waals surface area contributed by atoms with Crippen molar-refractivity contribution >= 4 is 29.2 Å². The normalized spacial score (nSPS) is 19.2. The van der Waals surface area contributed by atoms with Crippen LogP contribution in [-0.2, 0) is 4.79 Å². The Hall–Kier alpha value is -2.77. The van der Waals surface area contributed by atoms with Gasteiger partial charge in [-0.1, -0.05) is 6.42 Å². The van der Waals surface area contributed by atoms with Crippen LogP contribution >= 0.6 is 0 Å². The molecule has 25 heavy (non-hydrogen) atoms. The molecular weight excluding hydrogens is 320 g/mol. The van der Waals surface area contributed by atoms with Gasteiger partial charge in [-0.15, -0.1) is 0 Å². The van der Waals surface area contributed by atoms with Gasteiger partial charge in [-0.05, 0) is 37.8 Å². The fourth-order valence-corrected chi connectivity index (χ4v) is 3.61. The number of guanidine groups is 2. The maximum absolute atomic E-state index is 11.4. The Labute approximate surface area is 146 Å². The molecule has 0 unspecified atom stereocenters. The summed E-state index contributed by atoms with van der Waals surface area (Å²) in [6.07, 6.45) is 5.01. The predicted molar refractivity (Wildman–Crippen MR) is 98.8 cm³/mol. The lowest BCUT2D eigenvalue weighted by Crippen LogP contribution is -2.58. The average Bonchev–Trinajstić information content (AvgIpc) is 2.55. The van der Waals surface area contributed by atoms with E-state index in [1.165, 1.54) is 13.3 Å². The number of hydrogen-bond acceptors (Lipinski definition) is 7. The van der Waals surface area contributed by atoms with Gasteiger partial charge in [-0.25, -0.2) is 4.99 Å². The van der Waals surface area contributed by atoms with Gasteiger partial charge in [0.05, 0.1) is 18.5 Å². The molecule has 1 fully saturated rings. The molecule has 1 heterocycles. The first-order valence-electron chi connectivity index (χ1n) is 8.40. The molecule has 0 aromatic heterocycles. The van der Waals surface area contributed by atoms with E-state index in [9.17, 15) is 4.79 Å². The van der Waals surface area contributed by atoms with Crippen LogP contribution in [0.3, 0.4) is 0 Å². The first-order valence-corrected chi connectivity index (χ1v) is 8.40. The van der Waals surface area contributed by atoms with E-state index in [1.807, 2.05) is 17.0 Å². The van der Waals surface area contributed by atoms with Crippen LogP contribution in [-0.4, -0.2) is 30.6 Å². The molecule has 2 aliphatic rings. The number of carbonyl (C=O) groups excluding carboxylic acids is 1. The Balaban J connectivity index is 2.03. The Kier molecular flexibility index (Phi) is 4.52. The van der Waals surface area contributed by atoms with Crippen molar-refractivity contribution in [3.05, 3.63) is 18.2 Å². The number of nitrogens with zero attached hydrogens (tertiary/aromatic N) is 3. The van der Waals surface area contributed by atoms with Crippen LogP contribution in [0.5, 0.6) is 5.75 Å². The van der Waals surface area contributed by atoms with Crippen molar-refractivity contribution < 1.29 is 9.53 Å². The molecule has 1 aliphatic carbocycles. The Morgan fingerprint density at radius 3 is 2.64 bits per heavy atom. The van der Waals surface area contributed by atoms with Crippen molar-refractivity contribution in [2.45, 2.75) is 44.7 Å². The van der Waals surface area contributed by atoms with Gasteiger partial charge in [0.2, 0.25) is 17.8 Å². The van der Waals surface area contributed by atoms with Gasteiger partial charge in [-0.2, -0.15) is 4.99 Å². The summed E-state index contributed by atoms with van der Waals surface area (Å²) < 4.78 is 5.43. The Morgan fingerprint density at radius 2 is 2.00 bits per heavy atom. The standard InChI is InChI=1S/C17H24N6O2/c1-11(24)20-13-7-6-12(10-14(13)25-2)23-16(19)21-15(18)22-17(23)8-4-3-5-9-17/h6-7,10H,3-5,8-9H2,1-2H3,(H,20,24)(H4,18,19,21,22). The first-order chi connectivity index (χ1) is 11.9. The lowest BCUT2D eigenvalue weighted by Gasteiger charge is -2.45. The molecular formula is C17H24N6O2. The van der Waals surface area contributed by atoms with Crippen LogP contribution in [0.4, 0.5) is 11.4 Å². The van der Waals surface area contributed by atoms with Crippen LogP contribution < -0.4 is 26.4 Å². The third-order valence-electron chi connectivity index (χ3n) is 4.61. The predicted octanol–water partition coefficient (Wildman–Crippen LogP) is 1.76. The van der Waals surface area contributed by atoms with Crippen LogP contribution in [0.1, 0.15) is 39.0 Å². The Morgan fingerprint density at radius 1 is 1.28 bits per heavy atom. The number of hydrogen-bond donors (Lipinski definition) is 3. The van der Waals surface area contributed by atoms with E-state index in [0.717, 1.165) is 31.4 Å². The number of ether oxygens (including phenoxy) is 1. The van der Waals surface area contributed by atoms with Crippen LogP contribution in [0.25, 0.3) is 0 Å². The molecule has 8 heteroatoms. The molecule has 1 amide bonds. The minimum atomic E-state index is -0.505. The smallest absolute Gasteiger partial charge is 0.221 e. The number of nitrogens with one attached hydrogen (secondary N) is 1. The molecule has 0 radical (unpaired) electrons. The van der Waals surface area contributed by atoms with Crippen LogP contribution in [0, 0.1) is 0 Å². The number of amides is 1. The molecule has 1 saturated carbocycles. The summed E-state index contributed by atoms with van der Waals surface area (Å²) in [7, 11) is 1.56. The van der Waals surface area contributed by atoms with Gasteiger partial charge in [0.1, 0.15) is 11.4 Å². The van der Waals surface area contributed by atoms with Gasteiger partial charge >= 0.3 is 0 Å². The third kappa shape index (κ3) is 3.24. The number of methoxy groups -OCH3 is 1. The number of aliphatic imine (C=N–C) groups is 2. The second-order valence-electron chi connectivity index (χ2n) is 6.38. The molecule has 0 atom stereocenters. The highest BCUT2D eigenvalue weighted by molar-refractivity contribution is 6.06. The fraction of sp³-hybridized carbons (Fsp3) is 0.471. The minimum Gasteiger partial charge on any atom is -0.494 e. The largest absolute Gasteiger partial charge is 0.494 e. The summed E-state index contributed by atoms with van der Waals surface area (Å²) in [6, 6.07) is 5.51. The van der Waals surface area contributed by atoms with Crippen molar-refractivity contribution in [1.82, 2.24) is 0 Å². The fourth-order valence-electron chi connectivity index (χ4n) is 3.61. The second kappa shape index (κ2) is 6.62. The number of anilines is 2. The van der Waals surface area contributed by atoms with Crippen molar-refractivity contribution in [2.24, 2.45) is 21.5 Å². The summed E-state index contributed by atoms with van der Waals surface area (Å²) in [5, 5.41) is 2.75. The molecule has 0 bridgehead atoms. The summed E-state index contributed by atoms with van der Waals surface area (Å²) >= 11 is 0. The summed E-state index contributed by atoms with van der Waals surface area (Å²) in [4.78, 5) is 22.1.